The summed E-state index contributed by atoms with van der Waals surface area (Å²) in [7, 11) is 1.76. The van der Waals surface area contributed by atoms with Gasteiger partial charge in [0.1, 0.15) is 6.07 Å². The first-order valence-electron chi connectivity index (χ1n) is 9.92. The van der Waals surface area contributed by atoms with E-state index in [1.807, 2.05) is 0 Å². The molecule has 1 saturated heterocycles. The second-order valence-electron chi connectivity index (χ2n) is 7.50. The Bertz CT molecular complexity index is 906. The van der Waals surface area contributed by atoms with E-state index < -0.39 is 0 Å². The van der Waals surface area contributed by atoms with Crippen LogP contribution in [0, 0.1) is 11.3 Å². The Kier molecular flexibility index (Phi) is 5.74. The molecule has 0 bridgehead atoms. The number of hydrogen-bond donors (Lipinski definition) is 2. The van der Waals surface area contributed by atoms with Crippen LogP contribution in [0.4, 0.5) is 10.5 Å². The number of nitrogens with zero attached hydrogens (tertiary/aromatic N) is 5. The van der Waals surface area contributed by atoms with Crippen LogP contribution in [0.5, 0.6) is 0 Å². The molecular weight excluding hydrogens is 370 g/mol. The summed E-state index contributed by atoms with van der Waals surface area (Å²) in [6.45, 7) is 1.94. The maximum Gasteiger partial charge on any atom is 0.319 e. The quantitative estimate of drug-likeness (QED) is 0.801. The van der Waals surface area contributed by atoms with Gasteiger partial charge in [0.2, 0.25) is 0 Å². The average molecular weight is 395 g/mol. The van der Waals surface area contributed by atoms with Gasteiger partial charge in [-0.15, -0.1) is 0 Å². The number of likely N-dealkylation sites (tertiary alicyclic amines) is 1. The third-order valence-electron chi connectivity index (χ3n) is 5.74. The molecule has 2 aliphatic rings. The van der Waals surface area contributed by atoms with E-state index in [0.717, 1.165) is 38.8 Å². The van der Waals surface area contributed by atoms with Crippen LogP contribution in [0.2, 0.25) is 0 Å². The smallest absolute Gasteiger partial charge is 0.319 e. The second-order valence-corrected chi connectivity index (χ2v) is 7.50. The minimum absolute atomic E-state index is 0.127. The Hall–Kier alpha value is -2.96. The SMILES string of the molecule is COC1CCN([C@@H]2CCC[C@@H]2NC(=O)Nc2cnn(-c3ncccc3C#N)c2)C1. The van der Waals surface area contributed by atoms with Gasteiger partial charge in [-0.2, -0.15) is 10.4 Å². The van der Waals surface area contributed by atoms with Crippen LogP contribution in [0.1, 0.15) is 31.2 Å². The number of rotatable bonds is 5. The molecule has 9 heteroatoms. The minimum Gasteiger partial charge on any atom is -0.380 e. The summed E-state index contributed by atoms with van der Waals surface area (Å²) in [6.07, 6.45) is 9.32. The fourth-order valence-electron chi connectivity index (χ4n) is 4.30. The highest BCUT2D eigenvalue weighted by Crippen LogP contribution is 2.28. The molecule has 0 spiro atoms. The first-order valence-corrected chi connectivity index (χ1v) is 9.92. The van der Waals surface area contributed by atoms with E-state index in [9.17, 15) is 10.1 Å². The van der Waals surface area contributed by atoms with Crippen LogP contribution in [-0.2, 0) is 4.74 Å². The number of methoxy groups -OCH3 is 1. The first-order chi connectivity index (χ1) is 14.2. The summed E-state index contributed by atoms with van der Waals surface area (Å²) in [5.74, 6) is 0.432. The molecule has 1 saturated carbocycles. The fraction of sp³-hybridized carbons (Fsp3) is 0.500. The van der Waals surface area contributed by atoms with Gasteiger partial charge in [0.15, 0.2) is 5.82 Å². The predicted octanol–water partition coefficient (Wildman–Crippen LogP) is 1.90. The molecule has 0 aromatic carbocycles. The van der Waals surface area contributed by atoms with Crippen molar-refractivity contribution < 1.29 is 9.53 Å². The number of carbonyl (C=O) groups is 1. The van der Waals surface area contributed by atoms with Gasteiger partial charge in [-0.1, -0.05) is 0 Å². The van der Waals surface area contributed by atoms with Crippen molar-refractivity contribution in [3.8, 4) is 11.9 Å². The van der Waals surface area contributed by atoms with Crippen molar-refractivity contribution in [1.82, 2.24) is 25.0 Å². The van der Waals surface area contributed by atoms with Crippen molar-refractivity contribution >= 4 is 11.7 Å². The summed E-state index contributed by atoms with van der Waals surface area (Å²) < 4.78 is 6.96. The molecular formula is C20H25N7O2. The molecule has 152 valence electrons. The van der Waals surface area contributed by atoms with Crippen LogP contribution in [0.15, 0.2) is 30.7 Å². The molecule has 29 heavy (non-hydrogen) atoms. The van der Waals surface area contributed by atoms with E-state index in [1.165, 1.54) is 4.68 Å². The number of carbonyl (C=O) groups excluding carboxylic acids is 1. The van der Waals surface area contributed by atoms with Gasteiger partial charge in [-0.3, -0.25) is 4.90 Å². The normalized spacial score (nSPS) is 24.3. The maximum atomic E-state index is 12.5. The lowest BCUT2D eigenvalue weighted by molar-refractivity contribution is 0.0985. The van der Waals surface area contributed by atoms with Crippen molar-refractivity contribution in [2.45, 2.75) is 43.9 Å². The number of anilines is 1. The number of hydrogen-bond acceptors (Lipinski definition) is 6. The number of nitrogens with one attached hydrogen (secondary N) is 2. The molecule has 2 N–H and O–H groups in total. The zero-order chi connectivity index (χ0) is 20.2. The highest BCUT2D eigenvalue weighted by atomic mass is 16.5. The number of ether oxygens (including phenoxy) is 1. The molecule has 2 amide bonds. The van der Waals surface area contributed by atoms with Crippen molar-refractivity contribution in [2.75, 3.05) is 25.5 Å². The van der Waals surface area contributed by atoms with Crippen molar-refractivity contribution in [3.05, 3.63) is 36.3 Å². The Labute approximate surface area is 169 Å². The van der Waals surface area contributed by atoms with E-state index in [0.29, 0.717) is 29.2 Å². The van der Waals surface area contributed by atoms with Crippen LogP contribution in [0.25, 0.3) is 5.82 Å². The van der Waals surface area contributed by atoms with Gasteiger partial charge in [-0.25, -0.2) is 14.5 Å². The second kappa shape index (κ2) is 8.59. The van der Waals surface area contributed by atoms with E-state index in [-0.39, 0.29) is 12.1 Å². The Morgan fingerprint density at radius 3 is 3.07 bits per heavy atom. The highest BCUT2D eigenvalue weighted by Gasteiger charge is 2.36. The van der Waals surface area contributed by atoms with Crippen LogP contribution in [0.3, 0.4) is 0 Å². The molecule has 4 rings (SSSR count). The zero-order valence-corrected chi connectivity index (χ0v) is 16.4. The molecule has 9 nitrogen and oxygen atoms in total. The molecule has 2 fully saturated rings. The fourth-order valence-corrected chi connectivity index (χ4v) is 4.30. The lowest BCUT2D eigenvalue weighted by Crippen LogP contribution is -2.49. The number of amides is 2. The van der Waals surface area contributed by atoms with E-state index in [2.05, 4.69) is 31.7 Å². The van der Waals surface area contributed by atoms with Gasteiger partial charge in [0.05, 0.1) is 29.7 Å². The number of urea groups is 1. The van der Waals surface area contributed by atoms with Crippen LogP contribution < -0.4 is 10.6 Å². The minimum atomic E-state index is -0.245. The van der Waals surface area contributed by atoms with Crippen LogP contribution >= 0.6 is 0 Å². The number of aromatic nitrogens is 3. The highest BCUT2D eigenvalue weighted by molar-refractivity contribution is 5.89. The summed E-state index contributed by atoms with van der Waals surface area (Å²) in [5.41, 5.74) is 0.965. The first kappa shape index (κ1) is 19.4. The number of nitriles is 1. The lowest BCUT2D eigenvalue weighted by atomic mass is 10.1. The molecule has 1 aliphatic heterocycles. The van der Waals surface area contributed by atoms with Gasteiger partial charge in [0, 0.05) is 38.5 Å². The third kappa shape index (κ3) is 4.23. The largest absolute Gasteiger partial charge is 0.380 e. The lowest BCUT2D eigenvalue weighted by Gasteiger charge is -2.29. The topological polar surface area (TPSA) is 108 Å². The zero-order valence-electron chi connectivity index (χ0n) is 16.4. The summed E-state index contributed by atoms with van der Waals surface area (Å²) in [5, 5.41) is 19.4. The molecule has 2 aromatic rings. The van der Waals surface area contributed by atoms with Crippen molar-refractivity contribution in [3.63, 3.8) is 0 Å². The van der Waals surface area contributed by atoms with Gasteiger partial charge < -0.3 is 15.4 Å². The molecule has 3 heterocycles. The van der Waals surface area contributed by atoms with E-state index >= 15 is 0 Å². The summed E-state index contributed by atoms with van der Waals surface area (Å²) in [6, 6.07) is 5.71. The monoisotopic (exact) mass is 395 g/mol. The van der Waals surface area contributed by atoms with Gasteiger partial charge in [-0.05, 0) is 37.8 Å². The molecule has 1 unspecified atom stereocenters. The van der Waals surface area contributed by atoms with Gasteiger partial charge in [0.25, 0.3) is 0 Å². The van der Waals surface area contributed by atoms with E-state index in [1.54, 1.807) is 37.8 Å². The number of pyridine rings is 1. The van der Waals surface area contributed by atoms with Crippen molar-refractivity contribution in [1.29, 1.82) is 5.26 Å². The molecule has 1 aliphatic carbocycles. The molecule has 3 atom stereocenters. The Morgan fingerprint density at radius 1 is 1.38 bits per heavy atom. The van der Waals surface area contributed by atoms with Crippen molar-refractivity contribution in [2.24, 2.45) is 0 Å². The predicted molar refractivity (Wildman–Crippen MR) is 107 cm³/mol. The van der Waals surface area contributed by atoms with Gasteiger partial charge >= 0.3 is 6.03 Å². The van der Waals surface area contributed by atoms with Crippen LogP contribution in [-0.4, -0.2) is 64.1 Å². The maximum absolute atomic E-state index is 12.5. The Balaban J connectivity index is 1.37. The summed E-state index contributed by atoms with van der Waals surface area (Å²) >= 11 is 0. The molecule has 0 radical (unpaired) electrons. The Morgan fingerprint density at radius 2 is 2.28 bits per heavy atom. The van der Waals surface area contributed by atoms with E-state index in [4.69, 9.17) is 4.74 Å². The third-order valence-corrected chi connectivity index (χ3v) is 5.74. The average Bonchev–Trinajstić information content (AvgIpc) is 3.48. The standard InChI is InChI=1S/C20H25N7O2/c1-29-16-7-9-26(13-16)18-6-2-5-17(18)25-20(28)24-15-11-23-27(12-15)19-14(10-21)4-3-8-22-19/h3-4,8,11-12,16-18H,2,5-7,9,13H2,1H3,(H2,24,25,28)/t16?,17-,18+/m0/s1. The molecule has 2 aromatic heterocycles. The summed E-state index contributed by atoms with van der Waals surface area (Å²) in [4.78, 5) is 19.2.